The maximum Gasteiger partial charge on any atom is 0.124 e. The van der Waals surface area contributed by atoms with Crippen molar-refractivity contribution in [2.45, 2.75) is 33.1 Å². The van der Waals surface area contributed by atoms with E-state index >= 15 is 0 Å². The average molecular weight is 482 g/mol. The Morgan fingerprint density at radius 2 is 1.50 bits per heavy atom. The molecule has 0 amide bonds. The minimum absolute atomic E-state index is 0.725. The fourth-order valence-corrected chi connectivity index (χ4v) is 5.11. The first-order valence-corrected chi connectivity index (χ1v) is 12.9. The van der Waals surface area contributed by atoms with Gasteiger partial charge in [-0.25, -0.2) is 4.68 Å². The zero-order chi connectivity index (χ0) is 24.9. The molecule has 1 aliphatic rings. The van der Waals surface area contributed by atoms with Crippen molar-refractivity contribution in [1.29, 1.82) is 0 Å². The number of rotatable bonds is 8. The van der Waals surface area contributed by atoms with Gasteiger partial charge in [-0.2, -0.15) is 5.10 Å². The first-order valence-electron chi connectivity index (χ1n) is 12.9. The number of aromatic nitrogens is 2. The zero-order valence-corrected chi connectivity index (χ0v) is 21.5. The van der Waals surface area contributed by atoms with Crippen LogP contribution in [0.25, 0.3) is 28.2 Å². The molecular formula is C31H35N3O2. The van der Waals surface area contributed by atoms with Gasteiger partial charge in [0.2, 0.25) is 0 Å². The second kappa shape index (κ2) is 11.0. The Balaban J connectivity index is 1.40. The van der Waals surface area contributed by atoms with Crippen molar-refractivity contribution in [1.82, 2.24) is 14.7 Å². The predicted octanol–water partition coefficient (Wildman–Crippen LogP) is 6.70. The third kappa shape index (κ3) is 5.31. The lowest BCUT2D eigenvalue weighted by molar-refractivity contribution is 0.183. The van der Waals surface area contributed by atoms with Crippen LogP contribution in [0.1, 0.15) is 30.4 Å². The maximum atomic E-state index is 6.04. The molecule has 5 heteroatoms. The third-order valence-electron chi connectivity index (χ3n) is 6.95. The molecule has 5 nitrogen and oxygen atoms in total. The molecule has 5 rings (SSSR count). The molecule has 1 fully saturated rings. The molecular weight excluding hydrogens is 446 g/mol. The number of hydrogen-bond donors (Lipinski definition) is 0. The fourth-order valence-electron chi connectivity index (χ4n) is 5.11. The van der Waals surface area contributed by atoms with Gasteiger partial charge in [0.1, 0.15) is 18.1 Å². The molecule has 2 heterocycles. The Morgan fingerprint density at radius 3 is 2.17 bits per heavy atom. The van der Waals surface area contributed by atoms with E-state index in [1.807, 2.05) is 22.9 Å². The Bertz CT molecular complexity index is 1270. The van der Waals surface area contributed by atoms with Gasteiger partial charge in [0.05, 0.1) is 24.2 Å². The van der Waals surface area contributed by atoms with Gasteiger partial charge in [0.25, 0.3) is 0 Å². The molecule has 1 aromatic heterocycles. The molecule has 186 valence electrons. The zero-order valence-electron chi connectivity index (χ0n) is 21.5. The van der Waals surface area contributed by atoms with E-state index in [1.165, 1.54) is 32.4 Å². The summed E-state index contributed by atoms with van der Waals surface area (Å²) in [5.74, 6) is 1.83. The van der Waals surface area contributed by atoms with E-state index in [0.29, 0.717) is 0 Å². The Hall–Kier alpha value is -3.57. The lowest BCUT2D eigenvalue weighted by atomic mass is 10.0. The van der Waals surface area contributed by atoms with Gasteiger partial charge >= 0.3 is 0 Å². The molecule has 0 aliphatic carbocycles. The van der Waals surface area contributed by atoms with Gasteiger partial charge < -0.3 is 9.47 Å². The molecule has 0 spiro atoms. The average Bonchev–Trinajstić information content (AvgIpc) is 3.36. The number of aryl methyl sites for hydroxylation is 2. The van der Waals surface area contributed by atoms with Crippen LogP contribution in [0, 0.1) is 13.8 Å². The lowest BCUT2D eigenvalue weighted by Crippen LogP contribution is -2.33. The van der Waals surface area contributed by atoms with Gasteiger partial charge in [-0.3, -0.25) is 4.90 Å². The summed E-state index contributed by atoms with van der Waals surface area (Å²) in [5, 5.41) is 5.02. The van der Waals surface area contributed by atoms with Crippen LogP contribution in [0.3, 0.4) is 0 Å². The molecule has 0 radical (unpaired) electrons. The number of methoxy groups -OCH3 is 1. The van der Waals surface area contributed by atoms with Gasteiger partial charge in [-0.05, 0) is 106 Å². The summed E-state index contributed by atoms with van der Waals surface area (Å²) >= 11 is 0. The van der Waals surface area contributed by atoms with Crippen LogP contribution < -0.4 is 9.47 Å². The number of hydrogen-bond acceptors (Lipinski definition) is 4. The smallest absolute Gasteiger partial charge is 0.124 e. The summed E-state index contributed by atoms with van der Waals surface area (Å²) < 4.78 is 13.7. The second-order valence-corrected chi connectivity index (χ2v) is 9.58. The van der Waals surface area contributed by atoms with E-state index in [1.54, 1.807) is 7.11 Å². The van der Waals surface area contributed by atoms with Crippen molar-refractivity contribution < 1.29 is 9.47 Å². The highest BCUT2D eigenvalue weighted by Gasteiger charge is 2.16. The van der Waals surface area contributed by atoms with E-state index in [-0.39, 0.29) is 0 Å². The first-order chi connectivity index (χ1) is 17.6. The highest BCUT2D eigenvalue weighted by Crippen LogP contribution is 2.34. The Morgan fingerprint density at radius 1 is 0.806 bits per heavy atom. The van der Waals surface area contributed by atoms with E-state index in [4.69, 9.17) is 14.6 Å². The van der Waals surface area contributed by atoms with E-state index in [0.717, 1.165) is 64.0 Å². The van der Waals surface area contributed by atoms with Crippen molar-refractivity contribution in [2.24, 2.45) is 0 Å². The molecule has 0 unspecified atom stereocenters. The van der Waals surface area contributed by atoms with Gasteiger partial charge in [0.15, 0.2) is 0 Å². The van der Waals surface area contributed by atoms with Crippen molar-refractivity contribution in [3.05, 3.63) is 83.9 Å². The summed E-state index contributed by atoms with van der Waals surface area (Å²) in [6, 6.07) is 25.1. The largest absolute Gasteiger partial charge is 0.496 e. The van der Waals surface area contributed by atoms with Crippen LogP contribution in [0.5, 0.6) is 11.5 Å². The molecule has 1 saturated heterocycles. The molecule has 36 heavy (non-hydrogen) atoms. The highest BCUT2D eigenvalue weighted by molar-refractivity contribution is 5.72. The summed E-state index contributed by atoms with van der Waals surface area (Å²) in [7, 11) is 1.72. The predicted molar refractivity (Wildman–Crippen MR) is 146 cm³/mol. The number of para-hydroxylation sites is 1. The SMILES string of the molecule is COc1c(C)cc(-c2cc(-c3ccc(OCCN4CCCCC4)cc3)nn2-c2ccccc2)cc1C. The lowest BCUT2D eigenvalue weighted by Gasteiger charge is -2.26. The van der Waals surface area contributed by atoms with Gasteiger partial charge in [-0.15, -0.1) is 0 Å². The summed E-state index contributed by atoms with van der Waals surface area (Å²) in [4.78, 5) is 2.50. The minimum atomic E-state index is 0.725. The highest BCUT2D eigenvalue weighted by atomic mass is 16.5. The monoisotopic (exact) mass is 481 g/mol. The fraction of sp³-hybridized carbons (Fsp3) is 0.323. The topological polar surface area (TPSA) is 39.5 Å². The third-order valence-corrected chi connectivity index (χ3v) is 6.95. The quantitative estimate of drug-likeness (QED) is 0.281. The standard InChI is InChI=1S/C31H35N3O2/c1-23-20-26(21-24(2)31(23)35-3)30-22-29(32-34(30)27-10-6-4-7-11-27)25-12-14-28(15-13-25)36-19-18-33-16-8-5-9-17-33/h4,6-7,10-15,20-22H,5,8-9,16-19H2,1-3H3. The van der Waals surface area contributed by atoms with Gasteiger partial charge in [-0.1, -0.05) is 24.6 Å². The number of piperidine rings is 1. The van der Waals surface area contributed by atoms with Crippen molar-refractivity contribution in [3.8, 4) is 39.7 Å². The molecule has 0 saturated carbocycles. The molecule has 0 atom stereocenters. The van der Waals surface area contributed by atoms with Crippen LogP contribution in [0.4, 0.5) is 0 Å². The van der Waals surface area contributed by atoms with Gasteiger partial charge in [0, 0.05) is 17.7 Å². The van der Waals surface area contributed by atoms with Crippen LogP contribution in [0.2, 0.25) is 0 Å². The number of ether oxygens (including phenoxy) is 2. The Kier molecular flexibility index (Phi) is 7.38. The summed E-state index contributed by atoms with van der Waals surface area (Å²) in [6.07, 6.45) is 3.97. The van der Waals surface area contributed by atoms with Crippen LogP contribution in [0.15, 0.2) is 72.8 Å². The number of benzene rings is 3. The number of nitrogens with zero attached hydrogens (tertiary/aromatic N) is 3. The van der Waals surface area contributed by atoms with E-state index < -0.39 is 0 Å². The maximum absolute atomic E-state index is 6.04. The summed E-state index contributed by atoms with van der Waals surface area (Å²) in [5.41, 5.74) is 7.42. The van der Waals surface area contributed by atoms with Crippen molar-refractivity contribution >= 4 is 0 Å². The van der Waals surface area contributed by atoms with Crippen LogP contribution in [-0.4, -0.2) is 48.0 Å². The van der Waals surface area contributed by atoms with E-state index in [2.05, 4.69) is 73.3 Å². The molecule has 3 aromatic carbocycles. The summed E-state index contributed by atoms with van der Waals surface area (Å²) in [6.45, 7) is 8.28. The Labute approximate surface area is 214 Å². The second-order valence-electron chi connectivity index (χ2n) is 9.58. The van der Waals surface area contributed by atoms with Crippen LogP contribution >= 0.6 is 0 Å². The number of likely N-dealkylation sites (tertiary alicyclic amines) is 1. The normalized spacial score (nSPS) is 14.1. The van der Waals surface area contributed by atoms with Crippen molar-refractivity contribution in [3.63, 3.8) is 0 Å². The molecule has 4 aromatic rings. The molecule has 0 bridgehead atoms. The van der Waals surface area contributed by atoms with Crippen molar-refractivity contribution in [2.75, 3.05) is 33.4 Å². The van der Waals surface area contributed by atoms with E-state index in [9.17, 15) is 0 Å². The minimum Gasteiger partial charge on any atom is -0.496 e. The first kappa shape index (κ1) is 24.1. The molecule has 1 aliphatic heterocycles. The molecule has 0 N–H and O–H groups in total. The van der Waals surface area contributed by atoms with Crippen LogP contribution in [-0.2, 0) is 0 Å².